The predicted molar refractivity (Wildman–Crippen MR) is 126 cm³/mol. The molecule has 0 bridgehead atoms. The molecule has 1 aromatic heterocycles. The second kappa shape index (κ2) is 10.1. The van der Waals surface area contributed by atoms with Crippen molar-refractivity contribution in [3.8, 4) is 0 Å². The van der Waals surface area contributed by atoms with E-state index in [0.717, 1.165) is 16.7 Å². The van der Waals surface area contributed by atoms with Crippen molar-refractivity contribution >= 4 is 17.6 Å². The highest BCUT2D eigenvalue weighted by Gasteiger charge is 2.30. The van der Waals surface area contributed by atoms with Crippen LogP contribution in [0.3, 0.4) is 0 Å². The SMILES string of the molecule is C=C(OCC)c1cnc(N2CCN(C(=O)C(c3ccccc3)c3ccccc3)CC2)nc1. The Morgan fingerprint density at radius 3 is 1.97 bits per heavy atom. The monoisotopic (exact) mass is 428 g/mol. The van der Waals surface area contributed by atoms with Crippen LogP contribution in [0.4, 0.5) is 5.95 Å². The molecule has 4 rings (SSSR count). The lowest BCUT2D eigenvalue weighted by Gasteiger charge is -2.36. The Labute approximate surface area is 189 Å². The van der Waals surface area contributed by atoms with Gasteiger partial charge in [-0.2, -0.15) is 0 Å². The van der Waals surface area contributed by atoms with Gasteiger partial charge in [-0.05, 0) is 18.1 Å². The summed E-state index contributed by atoms with van der Waals surface area (Å²) in [5, 5.41) is 0. The molecule has 1 aliphatic heterocycles. The highest BCUT2D eigenvalue weighted by molar-refractivity contribution is 5.87. The first-order valence-corrected chi connectivity index (χ1v) is 10.9. The number of benzene rings is 2. The summed E-state index contributed by atoms with van der Waals surface area (Å²) in [5.41, 5.74) is 2.80. The minimum Gasteiger partial charge on any atom is -0.494 e. The van der Waals surface area contributed by atoms with E-state index >= 15 is 0 Å². The van der Waals surface area contributed by atoms with Crippen LogP contribution < -0.4 is 4.90 Å². The summed E-state index contributed by atoms with van der Waals surface area (Å²) in [6, 6.07) is 20.0. The molecule has 3 aromatic rings. The minimum atomic E-state index is -0.302. The van der Waals surface area contributed by atoms with Crippen LogP contribution in [-0.4, -0.2) is 53.6 Å². The molecule has 0 saturated carbocycles. The Kier molecular flexibility index (Phi) is 6.80. The zero-order valence-electron chi connectivity index (χ0n) is 18.4. The lowest BCUT2D eigenvalue weighted by molar-refractivity contribution is -0.132. The quantitative estimate of drug-likeness (QED) is 0.533. The molecule has 1 saturated heterocycles. The zero-order valence-corrected chi connectivity index (χ0v) is 18.4. The molecule has 1 fully saturated rings. The van der Waals surface area contributed by atoms with E-state index in [9.17, 15) is 4.79 Å². The van der Waals surface area contributed by atoms with Gasteiger partial charge in [0.1, 0.15) is 5.76 Å². The molecule has 6 nitrogen and oxygen atoms in total. The molecule has 0 atom stereocenters. The van der Waals surface area contributed by atoms with Crippen molar-refractivity contribution < 1.29 is 9.53 Å². The number of carbonyl (C=O) groups excluding carboxylic acids is 1. The highest BCUT2D eigenvalue weighted by atomic mass is 16.5. The summed E-state index contributed by atoms with van der Waals surface area (Å²) in [4.78, 5) is 26.6. The Bertz CT molecular complexity index is 991. The number of aromatic nitrogens is 2. The third-order valence-corrected chi connectivity index (χ3v) is 5.67. The predicted octanol–water partition coefficient (Wildman–Crippen LogP) is 3.96. The van der Waals surface area contributed by atoms with Crippen LogP contribution in [0, 0.1) is 0 Å². The van der Waals surface area contributed by atoms with E-state index in [1.807, 2.05) is 72.5 Å². The van der Waals surface area contributed by atoms with E-state index in [0.29, 0.717) is 44.5 Å². The van der Waals surface area contributed by atoms with Crippen molar-refractivity contribution in [3.05, 3.63) is 96.3 Å². The molecular weight excluding hydrogens is 400 g/mol. The van der Waals surface area contributed by atoms with E-state index in [1.54, 1.807) is 12.4 Å². The highest BCUT2D eigenvalue weighted by Crippen LogP contribution is 2.27. The van der Waals surface area contributed by atoms with Crippen LogP contribution in [0.1, 0.15) is 29.5 Å². The van der Waals surface area contributed by atoms with Gasteiger partial charge in [-0.15, -0.1) is 0 Å². The van der Waals surface area contributed by atoms with Gasteiger partial charge >= 0.3 is 0 Å². The number of amides is 1. The first kappa shape index (κ1) is 21.6. The molecule has 164 valence electrons. The van der Waals surface area contributed by atoms with Gasteiger partial charge in [0.2, 0.25) is 11.9 Å². The molecule has 32 heavy (non-hydrogen) atoms. The van der Waals surface area contributed by atoms with E-state index in [4.69, 9.17) is 4.74 Å². The molecule has 0 unspecified atom stereocenters. The van der Waals surface area contributed by atoms with Gasteiger partial charge in [0, 0.05) is 38.6 Å². The second-order valence-electron chi connectivity index (χ2n) is 7.69. The lowest BCUT2D eigenvalue weighted by atomic mass is 9.90. The maximum absolute atomic E-state index is 13.6. The smallest absolute Gasteiger partial charge is 0.234 e. The van der Waals surface area contributed by atoms with Crippen molar-refractivity contribution in [1.29, 1.82) is 0 Å². The van der Waals surface area contributed by atoms with Gasteiger partial charge in [-0.3, -0.25) is 4.79 Å². The van der Waals surface area contributed by atoms with Crippen molar-refractivity contribution in [2.45, 2.75) is 12.8 Å². The summed E-state index contributed by atoms with van der Waals surface area (Å²) in [6.45, 7) is 9.01. The van der Waals surface area contributed by atoms with Gasteiger partial charge in [0.25, 0.3) is 0 Å². The van der Waals surface area contributed by atoms with Crippen molar-refractivity contribution in [2.75, 3.05) is 37.7 Å². The fourth-order valence-corrected chi connectivity index (χ4v) is 3.96. The van der Waals surface area contributed by atoms with Crippen molar-refractivity contribution in [2.24, 2.45) is 0 Å². The zero-order chi connectivity index (χ0) is 22.3. The molecule has 2 aromatic carbocycles. The second-order valence-corrected chi connectivity index (χ2v) is 7.69. The Morgan fingerprint density at radius 1 is 0.938 bits per heavy atom. The van der Waals surface area contributed by atoms with Crippen molar-refractivity contribution in [1.82, 2.24) is 14.9 Å². The number of ether oxygens (including phenoxy) is 1. The number of hydrogen-bond acceptors (Lipinski definition) is 5. The molecule has 0 radical (unpaired) electrons. The number of carbonyl (C=O) groups is 1. The van der Waals surface area contributed by atoms with Crippen LogP contribution in [0.5, 0.6) is 0 Å². The third kappa shape index (κ3) is 4.80. The van der Waals surface area contributed by atoms with Crippen LogP contribution in [0.15, 0.2) is 79.6 Å². The summed E-state index contributed by atoms with van der Waals surface area (Å²) in [5.74, 6) is 1.06. The number of hydrogen-bond donors (Lipinski definition) is 0. The van der Waals surface area contributed by atoms with E-state index in [-0.39, 0.29) is 11.8 Å². The van der Waals surface area contributed by atoms with Crippen LogP contribution >= 0.6 is 0 Å². The Hall–Kier alpha value is -3.67. The van der Waals surface area contributed by atoms with Crippen LogP contribution in [-0.2, 0) is 9.53 Å². The molecule has 1 amide bonds. The van der Waals surface area contributed by atoms with E-state index in [1.165, 1.54) is 0 Å². The van der Waals surface area contributed by atoms with Crippen LogP contribution in [0.2, 0.25) is 0 Å². The average Bonchev–Trinajstić information content (AvgIpc) is 2.86. The maximum atomic E-state index is 13.6. The summed E-state index contributed by atoms with van der Waals surface area (Å²) in [6.07, 6.45) is 3.47. The van der Waals surface area contributed by atoms with E-state index in [2.05, 4.69) is 21.4 Å². The summed E-state index contributed by atoms with van der Waals surface area (Å²) < 4.78 is 5.42. The molecule has 2 heterocycles. The molecule has 0 N–H and O–H groups in total. The Morgan fingerprint density at radius 2 is 1.47 bits per heavy atom. The topological polar surface area (TPSA) is 58.6 Å². The lowest BCUT2D eigenvalue weighted by Crippen LogP contribution is -2.50. The van der Waals surface area contributed by atoms with Gasteiger partial charge in [-0.25, -0.2) is 9.97 Å². The largest absolute Gasteiger partial charge is 0.494 e. The number of piperazine rings is 1. The molecule has 0 aliphatic carbocycles. The van der Waals surface area contributed by atoms with Gasteiger partial charge in [0.05, 0.1) is 18.1 Å². The van der Waals surface area contributed by atoms with Crippen molar-refractivity contribution in [3.63, 3.8) is 0 Å². The fourth-order valence-electron chi connectivity index (χ4n) is 3.96. The third-order valence-electron chi connectivity index (χ3n) is 5.67. The van der Waals surface area contributed by atoms with Gasteiger partial charge < -0.3 is 14.5 Å². The average molecular weight is 429 g/mol. The Balaban J connectivity index is 1.45. The number of nitrogens with zero attached hydrogens (tertiary/aromatic N) is 4. The van der Waals surface area contributed by atoms with Crippen LogP contribution in [0.25, 0.3) is 5.76 Å². The molecule has 1 aliphatic rings. The fraction of sp³-hybridized carbons (Fsp3) is 0.269. The van der Waals surface area contributed by atoms with Gasteiger partial charge in [0.15, 0.2) is 0 Å². The van der Waals surface area contributed by atoms with E-state index < -0.39 is 0 Å². The van der Waals surface area contributed by atoms with Gasteiger partial charge in [-0.1, -0.05) is 67.2 Å². The molecular formula is C26H28N4O2. The number of anilines is 1. The maximum Gasteiger partial charge on any atom is 0.234 e. The molecule has 0 spiro atoms. The first-order valence-electron chi connectivity index (χ1n) is 10.9. The summed E-state index contributed by atoms with van der Waals surface area (Å²) >= 11 is 0. The summed E-state index contributed by atoms with van der Waals surface area (Å²) in [7, 11) is 0. The minimum absolute atomic E-state index is 0.131. The molecule has 6 heteroatoms. The normalized spacial score (nSPS) is 13.8. The standard InChI is InChI=1S/C26H28N4O2/c1-3-32-20(2)23-18-27-26(28-19-23)30-16-14-29(15-17-30)25(31)24(21-10-6-4-7-11-21)22-12-8-5-9-13-22/h4-13,18-19,24H,2-3,14-17H2,1H3. The first-order chi connectivity index (χ1) is 15.7. The number of rotatable bonds is 7.